The van der Waals surface area contributed by atoms with Crippen molar-refractivity contribution in [3.63, 3.8) is 0 Å². The summed E-state index contributed by atoms with van der Waals surface area (Å²) in [4.78, 5) is 31.0. The van der Waals surface area contributed by atoms with E-state index in [-0.39, 0.29) is 16.9 Å². The SMILES string of the molecule is Nc1ccc([N+](=O)[O-])cc1C(=O)C(=O)O. The van der Waals surface area contributed by atoms with Crippen LogP contribution in [0.15, 0.2) is 18.2 Å². The number of anilines is 1. The van der Waals surface area contributed by atoms with Crippen molar-refractivity contribution < 1.29 is 19.6 Å². The van der Waals surface area contributed by atoms with Crippen LogP contribution < -0.4 is 5.73 Å². The Morgan fingerprint density at radius 1 is 1.40 bits per heavy atom. The van der Waals surface area contributed by atoms with Gasteiger partial charge in [-0.2, -0.15) is 0 Å². The first-order valence-corrected chi connectivity index (χ1v) is 3.75. The molecule has 1 aromatic rings. The van der Waals surface area contributed by atoms with Gasteiger partial charge in [-0.15, -0.1) is 0 Å². The Morgan fingerprint density at radius 3 is 2.47 bits per heavy atom. The van der Waals surface area contributed by atoms with Crippen molar-refractivity contribution in [3.8, 4) is 0 Å². The number of hydrogen-bond acceptors (Lipinski definition) is 5. The predicted octanol–water partition coefficient (Wildman–Crippen LogP) is 0.444. The summed E-state index contributed by atoms with van der Waals surface area (Å²) in [6.07, 6.45) is 0. The summed E-state index contributed by atoms with van der Waals surface area (Å²) in [6, 6.07) is 3.05. The van der Waals surface area contributed by atoms with Gasteiger partial charge in [0.15, 0.2) is 0 Å². The molecule has 0 unspecified atom stereocenters. The molecule has 15 heavy (non-hydrogen) atoms. The van der Waals surface area contributed by atoms with Crippen LogP contribution in [-0.4, -0.2) is 21.8 Å². The molecule has 0 heterocycles. The highest BCUT2D eigenvalue weighted by molar-refractivity contribution is 6.41. The number of aliphatic carboxylic acids is 1. The highest BCUT2D eigenvalue weighted by Gasteiger charge is 2.20. The van der Waals surface area contributed by atoms with Gasteiger partial charge in [0.25, 0.3) is 11.5 Å². The zero-order valence-corrected chi connectivity index (χ0v) is 7.34. The number of ketones is 1. The lowest BCUT2D eigenvalue weighted by Gasteiger charge is -2.00. The van der Waals surface area contributed by atoms with Gasteiger partial charge in [-0.3, -0.25) is 14.9 Å². The molecule has 0 aliphatic rings. The average molecular weight is 210 g/mol. The maximum atomic E-state index is 11.0. The number of rotatable bonds is 3. The van der Waals surface area contributed by atoms with Crippen LogP contribution in [0, 0.1) is 10.1 Å². The molecule has 0 amide bonds. The van der Waals surface area contributed by atoms with Crippen LogP contribution in [-0.2, 0) is 4.79 Å². The third kappa shape index (κ3) is 2.08. The highest BCUT2D eigenvalue weighted by Crippen LogP contribution is 2.19. The predicted molar refractivity (Wildman–Crippen MR) is 49.5 cm³/mol. The number of nitrogens with two attached hydrogens (primary N) is 1. The van der Waals surface area contributed by atoms with Crippen LogP contribution in [0.3, 0.4) is 0 Å². The molecule has 0 aliphatic carbocycles. The third-order valence-electron chi connectivity index (χ3n) is 1.69. The summed E-state index contributed by atoms with van der Waals surface area (Å²) < 4.78 is 0. The first-order chi connectivity index (χ1) is 6.93. The highest BCUT2D eigenvalue weighted by atomic mass is 16.6. The zero-order chi connectivity index (χ0) is 11.6. The minimum Gasteiger partial charge on any atom is -0.475 e. The van der Waals surface area contributed by atoms with Gasteiger partial charge < -0.3 is 10.8 Å². The number of carbonyl (C=O) groups is 2. The lowest BCUT2D eigenvalue weighted by Crippen LogP contribution is -2.14. The molecule has 0 aliphatic heterocycles. The standard InChI is InChI=1S/C8H6N2O5/c9-6-2-1-4(10(14)15)3-5(6)7(11)8(12)13/h1-3H,9H2,(H,12,13). The van der Waals surface area contributed by atoms with E-state index >= 15 is 0 Å². The van der Waals surface area contributed by atoms with E-state index in [9.17, 15) is 19.7 Å². The summed E-state index contributed by atoms with van der Waals surface area (Å²) in [5.74, 6) is -2.97. The number of non-ortho nitro benzene ring substituents is 1. The largest absolute Gasteiger partial charge is 0.475 e. The minimum absolute atomic E-state index is 0.104. The molecule has 0 radical (unpaired) electrons. The molecular formula is C8H6N2O5. The van der Waals surface area contributed by atoms with E-state index in [0.717, 1.165) is 18.2 Å². The molecule has 0 aromatic heterocycles. The number of carboxylic acid groups (broad SMARTS) is 1. The Balaban J connectivity index is 3.28. The monoisotopic (exact) mass is 210 g/mol. The summed E-state index contributed by atoms with van der Waals surface area (Å²) in [6.45, 7) is 0. The first-order valence-electron chi connectivity index (χ1n) is 3.75. The van der Waals surface area contributed by atoms with Gasteiger partial charge >= 0.3 is 5.97 Å². The van der Waals surface area contributed by atoms with Gasteiger partial charge in [-0.1, -0.05) is 0 Å². The number of nitro benzene ring substituents is 1. The number of benzene rings is 1. The second-order valence-corrected chi connectivity index (χ2v) is 2.66. The van der Waals surface area contributed by atoms with E-state index in [1.54, 1.807) is 0 Å². The first kappa shape index (κ1) is 10.6. The molecule has 3 N–H and O–H groups in total. The number of nitro groups is 1. The van der Waals surface area contributed by atoms with Crippen LogP contribution in [0.4, 0.5) is 11.4 Å². The number of nitrogen functional groups attached to an aromatic ring is 1. The normalized spacial score (nSPS) is 9.60. The van der Waals surface area contributed by atoms with Crippen LogP contribution in [0.2, 0.25) is 0 Å². The van der Waals surface area contributed by atoms with Crippen molar-refractivity contribution in [1.82, 2.24) is 0 Å². The lowest BCUT2D eigenvalue weighted by molar-refractivity contribution is -0.384. The molecule has 0 bridgehead atoms. The Kier molecular flexibility index (Phi) is 2.65. The molecule has 0 saturated carbocycles. The summed E-state index contributed by atoms with van der Waals surface area (Å²) in [7, 11) is 0. The number of carboxylic acids is 1. The molecule has 1 aromatic carbocycles. The Labute approximate surface area is 83.3 Å². The van der Waals surface area contributed by atoms with E-state index in [0.29, 0.717) is 0 Å². The number of carbonyl (C=O) groups excluding carboxylic acids is 1. The van der Waals surface area contributed by atoms with E-state index in [1.165, 1.54) is 0 Å². The fourth-order valence-corrected chi connectivity index (χ4v) is 0.970. The fraction of sp³-hybridized carbons (Fsp3) is 0. The zero-order valence-electron chi connectivity index (χ0n) is 7.34. The van der Waals surface area contributed by atoms with E-state index in [2.05, 4.69) is 0 Å². The Bertz CT molecular complexity index is 454. The van der Waals surface area contributed by atoms with Gasteiger partial charge in [0.1, 0.15) is 0 Å². The smallest absolute Gasteiger partial charge is 0.377 e. The van der Waals surface area contributed by atoms with Gasteiger partial charge in [0.2, 0.25) is 0 Å². The molecule has 0 fully saturated rings. The maximum Gasteiger partial charge on any atom is 0.377 e. The topological polar surface area (TPSA) is 124 Å². The van der Waals surface area contributed by atoms with Crippen LogP contribution in [0.5, 0.6) is 0 Å². The van der Waals surface area contributed by atoms with Crippen LogP contribution in [0.1, 0.15) is 10.4 Å². The molecule has 0 atom stereocenters. The van der Waals surface area contributed by atoms with E-state index < -0.39 is 16.7 Å². The maximum absolute atomic E-state index is 11.0. The van der Waals surface area contributed by atoms with Crippen LogP contribution in [0.25, 0.3) is 0 Å². The Morgan fingerprint density at radius 2 is 2.00 bits per heavy atom. The number of hydrogen-bond donors (Lipinski definition) is 2. The van der Waals surface area contributed by atoms with E-state index in [1.807, 2.05) is 0 Å². The molecule has 0 saturated heterocycles. The van der Waals surface area contributed by atoms with Crippen molar-refractivity contribution in [2.75, 3.05) is 5.73 Å². The van der Waals surface area contributed by atoms with Crippen LogP contribution >= 0.6 is 0 Å². The third-order valence-corrected chi connectivity index (χ3v) is 1.69. The second kappa shape index (κ2) is 3.74. The number of Topliss-reactive ketones (excluding diaryl/α,β-unsaturated/α-hetero) is 1. The van der Waals surface area contributed by atoms with Crippen molar-refractivity contribution in [2.45, 2.75) is 0 Å². The minimum atomic E-state index is -1.71. The van der Waals surface area contributed by atoms with Crippen molar-refractivity contribution >= 4 is 23.1 Å². The summed E-state index contributed by atoms with van der Waals surface area (Å²) in [5.41, 5.74) is 4.46. The van der Waals surface area contributed by atoms with Gasteiger partial charge in [-0.05, 0) is 6.07 Å². The summed E-state index contributed by atoms with van der Waals surface area (Å²) >= 11 is 0. The molecule has 7 heteroatoms. The fourth-order valence-electron chi connectivity index (χ4n) is 0.970. The lowest BCUT2D eigenvalue weighted by atomic mass is 10.1. The molecule has 78 valence electrons. The van der Waals surface area contributed by atoms with Gasteiger partial charge in [-0.25, -0.2) is 4.79 Å². The summed E-state index contributed by atoms with van der Waals surface area (Å²) in [5, 5.41) is 18.8. The van der Waals surface area contributed by atoms with Crippen molar-refractivity contribution in [3.05, 3.63) is 33.9 Å². The van der Waals surface area contributed by atoms with Gasteiger partial charge in [0.05, 0.1) is 10.5 Å². The molecule has 7 nitrogen and oxygen atoms in total. The second-order valence-electron chi connectivity index (χ2n) is 2.66. The van der Waals surface area contributed by atoms with Crippen molar-refractivity contribution in [2.24, 2.45) is 0 Å². The molecule has 1 rings (SSSR count). The Hall–Kier alpha value is -2.44. The van der Waals surface area contributed by atoms with E-state index in [4.69, 9.17) is 10.8 Å². The average Bonchev–Trinajstić information content (AvgIpc) is 2.16. The molecule has 0 spiro atoms. The van der Waals surface area contributed by atoms with Crippen molar-refractivity contribution in [1.29, 1.82) is 0 Å². The van der Waals surface area contributed by atoms with Gasteiger partial charge in [0, 0.05) is 17.8 Å². The quantitative estimate of drug-likeness (QED) is 0.245. The molecular weight excluding hydrogens is 204 g/mol. The number of nitrogens with zero attached hydrogens (tertiary/aromatic N) is 1.